The highest BCUT2D eigenvalue weighted by molar-refractivity contribution is 6.32. The normalized spacial score (nSPS) is 10.5. The fourth-order valence-electron chi connectivity index (χ4n) is 3.10. The third kappa shape index (κ3) is 5.59. The molecule has 4 aromatic carbocycles. The van der Waals surface area contributed by atoms with Gasteiger partial charge >= 0.3 is 0 Å². The molecule has 0 spiro atoms. The quantitative estimate of drug-likeness (QED) is 0.195. The molecule has 0 unspecified atom stereocenters. The van der Waals surface area contributed by atoms with Crippen LogP contribution in [0.25, 0.3) is 0 Å². The molecule has 0 amide bonds. The zero-order chi connectivity index (χ0) is 22.5. The maximum Gasteiger partial charge on any atom is 0.100 e. The largest absolute Gasteiger partial charge is 0.149 e. The highest BCUT2D eigenvalue weighted by Gasteiger charge is 2.11. The van der Waals surface area contributed by atoms with Crippen molar-refractivity contribution in [2.24, 2.45) is 10.2 Å². The van der Waals surface area contributed by atoms with E-state index >= 15 is 0 Å². The van der Waals surface area contributed by atoms with Crippen molar-refractivity contribution in [1.29, 1.82) is 0 Å². The van der Waals surface area contributed by atoms with Crippen molar-refractivity contribution < 1.29 is 0 Å². The molecule has 0 saturated carbocycles. The lowest BCUT2D eigenvalue weighted by Gasteiger charge is -2.09. The third-order valence-corrected chi connectivity index (χ3v) is 5.73. The standard InChI is InChI=1S/C26H16Cl4N2/c27-21-9-1-17(2-10-21)25(18-3-11-22(28)12-4-18)31-32-26(19-5-13-23(29)14-6-19)20-7-15-24(30)16-8-20/h1-16H. The smallest absolute Gasteiger partial charge is 0.100 e. The first-order chi connectivity index (χ1) is 15.5. The number of nitrogens with zero attached hydrogens (tertiary/aromatic N) is 2. The Morgan fingerprint density at radius 3 is 0.719 bits per heavy atom. The average Bonchev–Trinajstić information content (AvgIpc) is 2.80. The van der Waals surface area contributed by atoms with E-state index < -0.39 is 0 Å². The van der Waals surface area contributed by atoms with E-state index in [1.54, 1.807) is 0 Å². The fourth-order valence-corrected chi connectivity index (χ4v) is 3.60. The van der Waals surface area contributed by atoms with Crippen LogP contribution in [-0.2, 0) is 0 Å². The maximum atomic E-state index is 6.09. The van der Waals surface area contributed by atoms with E-state index in [1.807, 2.05) is 97.1 Å². The van der Waals surface area contributed by atoms with Crippen molar-refractivity contribution in [3.63, 3.8) is 0 Å². The molecule has 0 saturated heterocycles. The molecular weight excluding hydrogens is 482 g/mol. The molecule has 0 heterocycles. The van der Waals surface area contributed by atoms with Crippen LogP contribution in [0, 0.1) is 0 Å². The maximum absolute atomic E-state index is 6.09. The molecule has 0 radical (unpaired) electrons. The van der Waals surface area contributed by atoms with Crippen molar-refractivity contribution in [3.05, 3.63) is 139 Å². The minimum Gasteiger partial charge on any atom is -0.149 e. The average molecular weight is 498 g/mol. The zero-order valence-electron chi connectivity index (χ0n) is 16.6. The Labute approximate surface area is 206 Å². The van der Waals surface area contributed by atoms with Gasteiger partial charge in [0.2, 0.25) is 0 Å². The first-order valence-corrected chi connectivity index (χ1v) is 11.2. The minimum absolute atomic E-state index is 0.649. The van der Waals surface area contributed by atoms with Gasteiger partial charge in [-0.25, -0.2) is 0 Å². The van der Waals surface area contributed by atoms with Gasteiger partial charge in [0, 0.05) is 42.3 Å². The van der Waals surface area contributed by atoms with Gasteiger partial charge in [0.1, 0.15) is 11.4 Å². The molecule has 0 aliphatic heterocycles. The van der Waals surface area contributed by atoms with Crippen LogP contribution >= 0.6 is 46.4 Å². The Bertz CT molecular complexity index is 1060. The number of hydrogen-bond acceptors (Lipinski definition) is 2. The summed E-state index contributed by atoms with van der Waals surface area (Å²) in [6.45, 7) is 0. The van der Waals surface area contributed by atoms with Crippen molar-refractivity contribution in [3.8, 4) is 0 Å². The van der Waals surface area contributed by atoms with Gasteiger partial charge in [-0.3, -0.25) is 0 Å². The van der Waals surface area contributed by atoms with Gasteiger partial charge in [0.25, 0.3) is 0 Å². The van der Waals surface area contributed by atoms with E-state index in [2.05, 4.69) is 10.2 Å². The van der Waals surface area contributed by atoms with E-state index in [0.717, 1.165) is 22.3 Å². The lowest BCUT2D eigenvalue weighted by Crippen LogP contribution is -2.06. The summed E-state index contributed by atoms with van der Waals surface area (Å²) >= 11 is 24.4. The van der Waals surface area contributed by atoms with Crippen LogP contribution in [0.5, 0.6) is 0 Å². The summed E-state index contributed by atoms with van der Waals surface area (Å²) in [4.78, 5) is 0. The van der Waals surface area contributed by atoms with E-state index in [0.29, 0.717) is 31.5 Å². The lowest BCUT2D eigenvalue weighted by molar-refractivity contribution is 1.22. The van der Waals surface area contributed by atoms with E-state index in [-0.39, 0.29) is 0 Å². The Hall–Kier alpha value is -2.62. The Morgan fingerprint density at radius 1 is 0.344 bits per heavy atom. The predicted octanol–water partition coefficient (Wildman–Crippen LogP) is 8.59. The first kappa shape index (κ1) is 22.6. The lowest BCUT2D eigenvalue weighted by atomic mass is 10.0. The van der Waals surface area contributed by atoms with E-state index in [4.69, 9.17) is 46.4 Å². The fraction of sp³-hybridized carbons (Fsp3) is 0. The minimum atomic E-state index is 0.649. The summed E-state index contributed by atoms with van der Waals surface area (Å²) in [5.74, 6) is 0. The summed E-state index contributed by atoms with van der Waals surface area (Å²) in [6.07, 6.45) is 0. The molecule has 32 heavy (non-hydrogen) atoms. The highest BCUT2D eigenvalue weighted by atomic mass is 35.5. The second-order valence-electron chi connectivity index (χ2n) is 6.92. The Balaban J connectivity index is 1.88. The molecule has 0 aliphatic rings. The molecule has 6 heteroatoms. The van der Waals surface area contributed by atoms with Gasteiger partial charge < -0.3 is 0 Å². The van der Waals surface area contributed by atoms with E-state index in [9.17, 15) is 0 Å². The highest BCUT2D eigenvalue weighted by Crippen LogP contribution is 2.20. The van der Waals surface area contributed by atoms with Crippen molar-refractivity contribution >= 4 is 57.8 Å². The molecule has 4 rings (SSSR count). The van der Waals surface area contributed by atoms with Crippen LogP contribution in [-0.4, -0.2) is 11.4 Å². The zero-order valence-corrected chi connectivity index (χ0v) is 19.7. The monoisotopic (exact) mass is 496 g/mol. The molecule has 0 atom stereocenters. The van der Waals surface area contributed by atoms with Gasteiger partial charge in [-0.05, 0) is 48.5 Å². The van der Waals surface area contributed by atoms with Crippen molar-refractivity contribution in [2.45, 2.75) is 0 Å². The number of benzene rings is 4. The topological polar surface area (TPSA) is 24.7 Å². The summed E-state index contributed by atoms with van der Waals surface area (Å²) in [5.41, 5.74) is 4.91. The van der Waals surface area contributed by atoms with Crippen molar-refractivity contribution in [1.82, 2.24) is 0 Å². The molecule has 0 aliphatic carbocycles. The predicted molar refractivity (Wildman–Crippen MR) is 137 cm³/mol. The number of hydrogen-bond donors (Lipinski definition) is 0. The van der Waals surface area contributed by atoms with Gasteiger partial charge in [-0.15, -0.1) is 10.2 Å². The number of rotatable bonds is 5. The van der Waals surface area contributed by atoms with Gasteiger partial charge in [-0.2, -0.15) is 0 Å². The van der Waals surface area contributed by atoms with Crippen LogP contribution < -0.4 is 0 Å². The molecule has 158 valence electrons. The van der Waals surface area contributed by atoms with E-state index in [1.165, 1.54) is 0 Å². The van der Waals surface area contributed by atoms with Crippen molar-refractivity contribution in [2.75, 3.05) is 0 Å². The van der Waals surface area contributed by atoms with Gasteiger partial charge in [0.05, 0.1) is 0 Å². The SMILES string of the molecule is Clc1ccc(C(=NN=C(c2ccc(Cl)cc2)c2ccc(Cl)cc2)c2ccc(Cl)cc2)cc1. The number of halogens is 4. The molecule has 0 bridgehead atoms. The Morgan fingerprint density at radius 2 is 0.531 bits per heavy atom. The first-order valence-electron chi connectivity index (χ1n) is 9.69. The summed E-state index contributed by atoms with van der Waals surface area (Å²) in [6, 6.07) is 29.9. The molecular formula is C26H16Cl4N2. The second-order valence-corrected chi connectivity index (χ2v) is 8.67. The van der Waals surface area contributed by atoms with Crippen LogP contribution in [0.1, 0.15) is 22.3 Å². The van der Waals surface area contributed by atoms with Crippen LogP contribution in [0.4, 0.5) is 0 Å². The molecule has 0 fully saturated rings. The third-order valence-electron chi connectivity index (χ3n) is 4.72. The molecule has 0 aromatic heterocycles. The van der Waals surface area contributed by atoms with Crippen LogP contribution in [0.2, 0.25) is 20.1 Å². The van der Waals surface area contributed by atoms with Crippen LogP contribution in [0.3, 0.4) is 0 Å². The molecule has 0 N–H and O–H groups in total. The van der Waals surface area contributed by atoms with Gasteiger partial charge in [-0.1, -0.05) is 94.9 Å². The summed E-state index contributed by atoms with van der Waals surface area (Å²) in [5, 5.41) is 11.9. The van der Waals surface area contributed by atoms with Gasteiger partial charge in [0.15, 0.2) is 0 Å². The Kier molecular flexibility index (Phi) is 7.29. The summed E-state index contributed by atoms with van der Waals surface area (Å²) < 4.78 is 0. The summed E-state index contributed by atoms with van der Waals surface area (Å²) in [7, 11) is 0. The van der Waals surface area contributed by atoms with Crippen LogP contribution in [0.15, 0.2) is 107 Å². The molecule has 2 nitrogen and oxygen atoms in total. The second kappa shape index (κ2) is 10.3. The molecule has 4 aromatic rings.